The Morgan fingerprint density at radius 1 is 1.29 bits per heavy atom. The number of thiocarbonyl (C=S) groups is 1. The first-order valence-corrected chi connectivity index (χ1v) is 8.26. The molecule has 0 aromatic carbocycles. The summed E-state index contributed by atoms with van der Waals surface area (Å²) < 4.78 is 5.33. The van der Waals surface area contributed by atoms with Gasteiger partial charge in [-0.25, -0.2) is 0 Å². The van der Waals surface area contributed by atoms with Crippen molar-refractivity contribution in [2.45, 2.75) is 20.8 Å². The average molecular weight is 363 g/mol. The van der Waals surface area contributed by atoms with E-state index in [1.54, 1.807) is 18.2 Å². The molecule has 2 heterocycles. The molecule has 0 aliphatic carbocycles. The van der Waals surface area contributed by atoms with E-state index in [-0.39, 0.29) is 5.11 Å². The van der Waals surface area contributed by atoms with E-state index in [2.05, 4.69) is 10.6 Å². The quantitative estimate of drug-likeness (QED) is 0.573. The summed E-state index contributed by atoms with van der Waals surface area (Å²) in [5, 5.41) is 5.96. The third-order valence-corrected chi connectivity index (χ3v) is 4.58. The van der Waals surface area contributed by atoms with Crippen molar-refractivity contribution in [2.24, 2.45) is 5.73 Å². The van der Waals surface area contributed by atoms with Crippen LogP contribution < -0.4 is 16.4 Å². The summed E-state index contributed by atoms with van der Waals surface area (Å²) in [5.41, 5.74) is 6.58. The molecule has 24 heavy (non-hydrogen) atoms. The van der Waals surface area contributed by atoms with Crippen LogP contribution in [0.1, 0.15) is 32.3 Å². The van der Waals surface area contributed by atoms with Gasteiger partial charge in [0.05, 0.1) is 5.56 Å². The molecule has 0 spiro atoms. The number of rotatable bonds is 4. The number of nitrogens with one attached hydrogen (secondary N) is 2. The minimum Gasteiger partial charge on any atom is -0.462 e. The summed E-state index contributed by atoms with van der Waals surface area (Å²) in [6.07, 6.45) is 2.85. The van der Waals surface area contributed by atoms with E-state index in [9.17, 15) is 9.59 Å². The maximum Gasteiger partial charge on any atom is 0.251 e. The van der Waals surface area contributed by atoms with Crippen LogP contribution in [0.15, 0.2) is 22.6 Å². The zero-order chi connectivity index (χ0) is 17.9. The Hall–Kier alpha value is -2.45. The topological polar surface area (TPSA) is 97.4 Å². The SMILES string of the molecule is Cc1ccc(/C=C/C(=O)NC(=S)Nc2sc(C)c(C)c2C(N)=O)o1. The maximum atomic E-state index is 11.9. The molecule has 8 heteroatoms. The van der Waals surface area contributed by atoms with Crippen LogP contribution in [0.25, 0.3) is 6.08 Å². The molecule has 0 aliphatic rings. The van der Waals surface area contributed by atoms with Crippen LogP contribution in [0.5, 0.6) is 0 Å². The molecule has 0 saturated carbocycles. The monoisotopic (exact) mass is 363 g/mol. The number of thiophene rings is 1. The van der Waals surface area contributed by atoms with Crippen LogP contribution in [0.4, 0.5) is 5.00 Å². The number of aryl methyl sites for hydroxylation is 2. The largest absolute Gasteiger partial charge is 0.462 e. The van der Waals surface area contributed by atoms with Gasteiger partial charge < -0.3 is 15.5 Å². The van der Waals surface area contributed by atoms with Crippen LogP contribution in [0.2, 0.25) is 0 Å². The smallest absolute Gasteiger partial charge is 0.251 e. The van der Waals surface area contributed by atoms with Crippen molar-refractivity contribution in [3.8, 4) is 0 Å². The second-order valence-corrected chi connectivity index (χ2v) is 6.71. The Morgan fingerprint density at radius 2 is 2.00 bits per heavy atom. The number of hydrogen-bond donors (Lipinski definition) is 3. The first kappa shape index (κ1) is 17.9. The van der Waals surface area contributed by atoms with Gasteiger partial charge in [-0.3, -0.25) is 14.9 Å². The molecule has 0 radical (unpaired) electrons. The van der Waals surface area contributed by atoms with Crippen molar-refractivity contribution in [3.63, 3.8) is 0 Å². The van der Waals surface area contributed by atoms with Crippen LogP contribution >= 0.6 is 23.6 Å². The van der Waals surface area contributed by atoms with Gasteiger partial charge >= 0.3 is 0 Å². The molecule has 0 aliphatic heterocycles. The molecule has 2 aromatic heterocycles. The molecule has 2 amide bonds. The maximum absolute atomic E-state index is 11.9. The Balaban J connectivity index is 2.01. The van der Waals surface area contributed by atoms with Crippen LogP contribution in [-0.4, -0.2) is 16.9 Å². The molecule has 2 rings (SSSR count). The van der Waals surface area contributed by atoms with Gasteiger partial charge in [0, 0.05) is 11.0 Å². The summed E-state index contributed by atoms with van der Waals surface area (Å²) in [4.78, 5) is 24.4. The van der Waals surface area contributed by atoms with Gasteiger partial charge in [-0.1, -0.05) is 0 Å². The summed E-state index contributed by atoms with van der Waals surface area (Å²) in [7, 11) is 0. The molecule has 0 bridgehead atoms. The van der Waals surface area contributed by atoms with Gasteiger partial charge in [-0.15, -0.1) is 11.3 Å². The normalized spacial score (nSPS) is 10.8. The van der Waals surface area contributed by atoms with E-state index in [1.165, 1.54) is 17.4 Å². The third-order valence-electron chi connectivity index (χ3n) is 3.26. The molecule has 126 valence electrons. The number of amides is 2. The Morgan fingerprint density at radius 3 is 2.58 bits per heavy atom. The number of nitrogens with two attached hydrogens (primary N) is 1. The lowest BCUT2D eigenvalue weighted by Crippen LogP contribution is -2.33. The number of anilines is 1. The van der Waals surface area contributed by atoms with Crippen LogP contribution in [0.3, 0.4) is 0 Å². The highest BCUT2D eigenvalue weighted by Gasteiger charge is 2.18. The molecular formula is C16H17N3O3S2. The lowest BCUT2D eigenvalue weighted by molar-refractivity contribution is -0.115. The average Bonchev–Trinajstić information content (AvgIpc) is 3.01. The third kappa shape index (κ3) is 4.30. The fraction of sp³-hybridized carbons (Fsp3) is 0.188. The molecule has 4 N–H and O–H groups in total. The van der Waals surface area contributed by atoms with Gasteiger partial charge in [0.15, 0.2) is 5.11 Å². The van der Waals surface area contributed by atoms with E-state index >= 15 is 0 Å². The zero-order valence-electron chi connectivity index (χ0n) is 13.4. The fourth-order valence-corrected chi connectivity index (χ4v) is 3.34. The van der Waals surface area contributed by atoms with Gasteiger partial charge in [-0.05, 0) is 56.8 Å². The molecular weight excluding hydrogens is 346 g/mol. The van der Waals surface area contributed by atoms with E-state index < -0.39 is 11.8 Å². The predicted octanol–water partition coefficient (Wildman–Crippen LogP) is 2.89. The minimum atomic E-state index is -0.540. The van der Waals surface area contributed by atoms with Crippen molar-refractivity contribution in [1.82, 2.24) is 5.32 Å². The minimum absolute atomic E-state index is 0.0871. The summed E-state index contributed by atoms with van der Waals surface area (Å²) in [5.74, 6) is 0.380. The van der Waals surface area contributed by atoms with E-state index in [4.69, 9.17) is 22.4 Å². The summed E-state index contributed by atoms with van der Waals surface area (Å²) in [6, 6.07) is 3.56. The Bertz CT molecular complexity index is 834. The van der Waals surface area contributed by atoms with Gasteiger partial charge in [0.2, 0.25) is 5.91 Å². The second-order valence-electron chi connectivity index (χ2n) is 5.08. The first-order valence-electron chi connectivity index (χ1n) is 7.04. The van der Waals surface area contributed by atoms with Crippen LogP contribution in [-0.2, 0) is 4.79 Å². The molecule has 6 nitrogen and oxygen atoms in total. The molecule has 2 aromatic rings. The lowest BCUT2D eigenvalue weighted by Gasteiger charge is -2.07. The van der Waals surface area contributed by atoms with Crippen LogP contribution in [0, 0.1) is 20.8 Å². The number of primary amides is 1. The number of furan rings is 1. The number of hydrogen-bond acceptors (Lipinski definition) is 5. The molecule has 0 saturated heterocycles. The predicted molar refractivity (Wildman–Crippen MR) is 99.2 cm³/mol. The highest BCUT2D eigenvalue weighted by molar-refractivity contribution is 7.80. The first-order chi connectivity index (χ1) is 11.3. The van der Waals surface area contributed by atoms with E-state index in [1.807, 2.05) is 20.8 Å². The Labute approximate surface area is 148 Å². The van der Waals surface area contributed by atoms with Crippen molar-refractivity contribution in [3.05, 3.63) is 45.7 Å². The van der Waals surface area contributed by atoms with Gasteiger partial charge in [0.25, 0.3) is 5.91 Å². The zero-order valence-corrected chi connectivity index (χ0v) is 15.1. The number of carbonyl (C=O) groups is 2. The standard InChI is InChI=1S/C16H17N3O3S2/c1-8-4-5-11(22-8)6-7-12(20)18-16(23)19-15-13(14(17)21)9(2)10(3)24-15/h4-7H,1-3H3,(H2,17,21)(H2,18,19,20,23)/b7-6+. The second kappa shape index (κ2) is 7.41. The number of carbonyl (C=O) groups excluding carboxylic acids is 2. The van der Waals surface area contributed by atoms with E-state index in [0.29, 0.717) is 16.3 Å². The summed E-state index contributed by atoms with van der Waals surface area (Å²) in [6.45, 7) is 5.51. The summed E-state index contributed by atoms with van der Waals surface area (Å²) >= 11 is 6.45. The van der Waals surface area contributed by atoms with Crippen molar-refractivity contribution >= 4 is 51.6 Å². The highest BCUT2D eigenvalue weighted by atomic mass is 32.1. The van der Waals surface area contributed by atoms with Gasteiger partial charge in [-0.2, -0.15) is 0 Å². The van der Waals surface area contributed by atoms with Gasteiger partial charge in [0.1, 0.15) is 16.5 Å². The van der Waals surface area contributed by atoms with Crippen molar-refractivity contribution in [1.29, 1.82) is 0 Å². The lowest BCUT2D eigenvalue weighted by atomic mass is 10.1. The van der Waals surface area contributed by atoms with Crippen molar-refractivity contribution in [2.75, 3.05) is 5.32 Å². The fourth-order valence-electron chi connectivity index (χ4n) is 2.00. The molecule has 0 fully saturated rings. The van der Waals surface area contributed by atoms with Crippen molar-refractivity contribution < 1.29 is 14.0 Å². The highest BCUT2D eigenvalue weighted by Crippen LogP contribution is 2.31. The molecule has 0 unspecified atom stereocenters. The molecule has 0 atom stereocenters. The van der Waals surface area contributed by atoms with E-state index in [0.717, 1.165) is 16.2 Å². The Kier molecular flexibility index (Phi) is 5.53.